The van der Waals surface area contributed by atoms with Crippen molar-refractivity contribution in [1.82, 2.24) is 14.8 Å². The molecule has 7 heteroatoms. The first-order valence-corrected chi connectivity index (χ1v) is 7.24. The number of carboxylic acids is 1. The Hall–Kier alpha value is -2.31. The second-order valence-corrected chi connectivity index (χ2v) is 5.62. The third kappa shape index (κ3) is 2.84. The smallest absolute Gasteiger partial charge is 0.326 e. The van der Waals surface area contributed by atoms with Crippen LogP contribution in [0.15, 0.2) is 12.1 Å². The summed E-state index contributed by atoms with van der Waals surface area (Å²) in [5.41, 5.74) is 1.34. The zero-order valence-corrected chi connectivity index (χ0v) is 13.0. The van der Waals surface area contributed by atoms with Crippen molar-refractivity contribution in [2.45, 2.75) is 25.8 Å². The lowest BCUT2D eigenvalue weighted by molar-refractivity contribution is -0.145. The average molecular weight is 307 g/mol. The lowest BCUT2D eigenvalue weighted by Gasteiger charge is -2.36. The summed E-state index contributed by atoms with van der Waals surface area (Å²) in [4.78, 5) is 37.3. The zero-order valence-electron chi connectivity index (χ0n) is 13.0. The molecule has 0 aliphatic carbocycles. The molecule has 0 saturated carbocycles. The topological polar surface area (TPSA) is 91.6 Å². The van der Waals surface area contributed by atoms with Crippen LogP contribution in [0.2, 0.25) is 0 Å². The van der Waals surface area contributed by atoms with E-state index in [-0.39, 0.29) is 30.7 Å². The molecule has 1 fully saturated rings. The summed E-state index contributed by atoms with van der Waals surface area (Å²) in [6.45, 7) is 1.99. The third-order valence-corrected chi connectivity index (χ3v) is 4.34. The molecule has 1 aromatic rings. The van der Waals surface area contributed by atoms with Crippen molar-refractivity contribution in [2.75, 3.05) is 13.6 Å². The maximum absolute atomic E-state index is 12.7. The van der Waals surface area contributed by atoms with Gasteiger partial charge in [0, 0.05) is 26.3 Å². The summed E-state index contributed by atoms with van der Waals surface area (Å²) in [6.07, 6.45) is 0.745. The molecule has 2 amide bonds. The van der Waals surface area contributed by atoms with Gasteiger partial charge < -0.3 is 19.9 Å². The van der Waals surface area contributed by atoms with Gasteiger partial charge in [-0.2, -0.15) is 0 Å². The fourth-order valence-corrected chi connectivity index (χ4v) is 2.85. The first-order valence-electron chi connectivity index (χ1n) is 7.24. The van der Waals surface area contributed by atoms with E-state index in [1.165, 1.54) is 4.90 Å². The lowest BCUT2D eigenvalue weighted by Crippen LogP contribution is -2.53. The van der Waals surface area contributed by atoms with Gasteiger partial charge in [-0.15, -0.1) is 0 Å². The molecule has 7 nitrogen and oxygen atoms in total. The second kappa shape index (κ2) is 6.21. The van der Waals surface area contributed by atoms with Crippen molar-refractivity contribution in [3.63, 3.8) is 0 Å². The molecule has 0 radical (unpaired) electrons. The van der Waals surface area contributed by atoms with Crippen LogP contribution >= 0.6 is 0 Å². The molecule has 1 aliphatic heterocycles. The number of hydrogen-bond donors (Lipinski definition) is 2. The molecule has 2 N–H and O–H groups in total. The number of nitrogens with zero attached hydrogens (tertiary/aromatic N) is 2. The molecule has 2 rings (SSSR count). The van der Waals surface area contributed by atoms with Gasteiger partial charge in [0.05, 0.1) is 5.92 Å². The summed E-state index contributed by atoms with van der Waals surface area (Å²) in [5.74, 6) is -1.91. The minimum atomic E-state index is -1.03. The van der Waals surface area contributed by atoms with Gasteiger partial charge in [0.15, 0.2) is 0 Å². The summed E-state index contributed by atoms with van der Waals surface area (Å²) < 4.78 is 1.73. The monoisotopic (exact) mass is 307 g/mol. The number of rotatable bonds is 3. The van der Waals surface area contributed by atoms with Crippen molar-refractivity contribution in [3.8, 4) is 0 Å². The molecular formula is C15H21N3O4. The molecule has 120 valence electrons. The molecule has 1 aromatic heterocycles. The Bertz CT molecular complexity index is 608. The summed E-state index contributed by atoms with van der Waals surface area (Å²) in [7, 11) is 3.30. The third-order valence-electron chi connectivity index (χ3n) is 4.34. The minimum absolute atomic E-state index is 0.125. The molecule has 0 bridgehead atoms. The van der Waals surface area contributed by atoms with E-state index in [0.717, 1.165) is 5.69 Å². The molecule has 22 heavy (non-hydrogen) atoms. The van der Waals surface area contributed by atoms with Crippen LogP contribution in [0, 0.1) is 12.8 Å². The molecule has 2 atom stereocenters. The van der Waals surface area contributed by atoms with Gasteiger partial charge >= 0.3 is 5.97 Å². The van der Waals surface area contributed by atoms with E-state index in [9.17, 15) is 19.5 Å². The molecular weight excluding hydrogens is 286 g/mol. The normalized spacial score (nSPS) is 21.5. The van der Waals surface area contributed by atoms with Gasteiger partial charge in [-0.1, -0.05) is 0 Å². The molecule has 2 heterocycles. The SMILES string of the molecule is CNC(=O)[C@H]1CC[C@@H](C(=O)O)N(C(=O)c2ccc(C)n2C)C1. The maximum atomic E-state index is 12.7. The number of aromatic nitrogens is 1. The van der Waals surface area contributed by atoms with E-state index < -0.39 is 12.0 Å². The first kappa shape index (κ1) is 16.1. The van der Waals surface area contributed by atoms with Crippen LogP contribution in [0.1, 0.15) is 29.0 Å². The summed E-state index contributed by atoms with van der Waals surface area (Å²) in [6, 6.07) is 2.60. The Morgan fingerprint density at radius 2 is 1.95 bits per heavy atom. The van der Waals surface area contributed by atoms with E-state index in [2.05, 4.69) is 5.32 Å². The molecule has 0 aromatic carbocycles. The van der Waals surface area contributed by atoms with Gasteiger partial charge in [0.2, 0.25) is 5.91 Å². The van der Waals surface area contributed by atoms with Gasteiger partial charge in [0.1, 0.15) is 11.7 Å². The van der Waals surface area contributed by atoms with E-state index >= 15 is 0 Å². The highest BCUT2D eigenvalue weighted by Gasteiger charge is 2.39. The molecule has 0 unspecified atom stereocenters. The Morgan fingerprint density at radius 1 is 1.27 bits per heavy atom. The first-order chi connectivity index (χ1) is 10.4. The molecule has 1 saturated heterocycles. The van der Waals surface area contributed by atoms with Crippen LogP contribution in [-0.4, -0.2) is 52.0 Å². The van der Waals surface area contributed by atoms with E-state index in [1.807, 2.05) is 13.0 Å². The van der Waals surface area contributed by atoms with Gasteiger partial charge in [0.25, 0.3) is 5.91 Å². The second-order valence-electron chi connectivity index (χ2n) is 5.62. The summed E-state index contributed by atoms with van der Waals surface area (Å²) >= 11 is 0. The Kier molecular flexibility index (Phi) is 4.54. The predicted molar refractivity (Wildman–Crippen MR) is 79.4 cm³/mol. The van der Waals surface area contributed by atoms with Gasteiger partial charge in [-0.05, 0) is 31.9 Å². The summed E-state index contributed by atoms with van der Waals surface area (Å²) in [5, 5.41) is 11.9. The van der Waals surface area contributed by atoms with Crippen LogP contribution in [0.25, 0.3) is 0 Å². The highest BCUT2D eigenvalue weighted by atomic mass is 16.4. The largest absolute Gasteiger partial charge is 0.480 e. The number of likely N-dealkylation sites (tertiary alicyclic amines) is 1. The van der Waals surface area contributed by atoms with E-state index in [1.54, 1.807) is 24.7 Å². The Labute approximate surface area is 128 Å². The number of aryl methyl sites for hydroxylation is 1. The fraction of sp³-hybridized carbons (Fsp3) is 0.533. The number of carbonyl (C=O) groups is 3. The maximum Gasteiger partial charge on any atom is 0.326 e. The number of amides is 2. The van der Waals surface area contributed by atoms with Crippen LogP contribution in [-0.2, 0) is 16.6 Å². The number of piperidine rings is 1. The molecule has 1 aliphatic rings. The number of carboxylic acid groups (broad SMARTS) is 1. The van der Waals surface area contributed by atoms with Crippen molar-refractivity contribution in [1.29, 1.82) is 0 Å². The Balaban J connectivity index is 2.29. The number of nitrogens with one attached hydrogen (secondary N) is 1. The average Bonchev–Trinajstić information content (AvgIpc) is 2.84. The predicted octanol–water partition coefficient (Wildman–Crippen LogP) is 0.385. The number of aliphatic carboxylic acids is 1. The quantitative estimate of drug-likeness (QED) is 0.845. The number of carbonyl (C=O) groups excluding carboxylic acids is 2. The van der Waals surface area contributed by atoms with Crippen molar-refractivity contribution in [3.05, 3.63) is 23.5 Å². The number of hydrogen-bond acceptors (Lipinski definition) is 3. The highest BCUT2D eigenvalue weighted by Crippen LogP contribution is 2.25. The van der Waals surface area contributed by atoms with Crippen molar-refractivity contribution in [2.24, 2.45) is 13.0 Å². The van der Waals surface area contributed by atoms with E-state index in [0.29, 0.717) is 12.1 Å². The Morgan fingerprint density at radius 3 is 2.45 bits per heavy atom. The van der Waals surface area contributed by atoms with Crippen molar-refractivity contribution >= 4 is 17.8 Å². The standard InChI is InChI=1S/C15H21N3O4/c1-9-4-6-11(17(9)3)14(20)18-8-10(13(19)16-2)5-7-12(18)15(21)22/h4,6,10,12H,5,7-8H2,1-3H3,(H,16,19)(H,21,22)/t10-,12-/m0/s1. The highest BCUT2D eigenvalue weighted by molar-refractivity contribution is 5.96. The van der Waals surface area contributed by atoms with Gasteiger partial charge in [-0.25, -0.2) is 4.79 Å². The fourth-order valence-electron chi connectivity index (χ4n) is 2.85. The molecule has 0 spiro atoms. The van der Waals surface area contributed by atoms with Crippen LogP contribution in [0.4, 0.5) is 0 Å². The van der Waals surface area contributed by atoms with Crippen LogP contribution in [0.5, 0.6) is 0 Å². The van der Waals surface area contributed by atoms with Gasteiger partial charge in [-0.3, -0.25) is 9.59 Å². The minimum Gasteiger partial charge on any atom is -0.480 e. The van der Waals surface area contributed by atoms with Crippen LogP contribution in [0.3, 0.4) is 0 Å². The zero-order chi connectivity index (χ0) is 16.4. The van der Waals surface area contributed by atoms with E-state index in [4.69, 9.17) is 0 Å². The lowest BCUT2D eigenvalue weighted by atomic mass is 9.91. The van der Waals surface area contributed by atoms with Crippen LogP contribution < -0.4 is 5.32 Å². The van der Waals surface area contributed by atoms with Crippen molar-refractivity contribution < 1.29 is 19.5 Å².